The number of rotatable bonds is 8. The number of carbonyl (C=O) groups is 1. The Morgan fingerprint density at radius 1 is 1.26 bits per heavy atom. The molecule has 1 fully saturated rings. The average Bonchev–Trinajstić information content (AvgIpc) is 3.15. The molecular formula is C27H30ClN3O4. The first-order chi connectivity index (χ1) is 16.8. The van der Waals surface area contributed by atoms with Gasteiger partial charge in [-0.1, -0.05) is 6.07 Å². The molecule has 0 spiro atoms. The lowest BCUT2D eigenvalue weighted by molar-refractivity contribution is -0.157. The predicted octanol–water partition coefficient (Wildman–Crippen LogP) is 4.91. The summed E-state index contributed by atoms with van der Waals surface area (Å²) in [7, 11) is 0. The van der Waals surface area contributed by atoms with Crippen molar-refractivity contribution in [2.24, 2.45) is 5.41 Å². The van der Waals surface area contributed by atoms with Gasteiger partial charge in [0.25, 0.3) is 0 Å². The zero-order valence-electron chi connectivity index (χ0n) is 20.3. The average molecular weight is 496 g/mol. The fourth-order valence-corrected chi connectivity index (χ4v) is 5.13. The van der Waals surface area contributed by atoms with E-state index in [0.29, 0.717) is 38.9 Å². The number of carboxylic acid groups (broad SMARTS) is 1. The van der Waals surface area contributed by atoms with Gasteiger partial charge < -0.3 is 14.6 Å². The summed E-state index contributed by atoms with van der Waals surface area (Å²) in [6, 6.07) is 12.5. The van der Waals surface area contributed by atoms with E-state index in [4.69, 9.17) is 21.1 Å². The van der Waals surface area contributed by atoms with Crippen LogP contribution in [0, 0.1) is 12.3 Å². The van der Waals surface area contributed by atoms with Crippen LogP contribution in [0.1, 0.15) is 36.7 Å². The molecule has 35 heavy (non-hydrogen) atoms. The lowest BCUT2D eigenvalue weighted by Gasteiger charge is -2.46. The quantitative estimate of drug-likeness (QED) is 0.448. The van der Waals surface area contributed by atoms with Gasteiger partial charge in [0.2, 0.25) is 0 Å². The molecule has 2 aromatic carbocycles. The van der Waals surface area contributed by atoms with Crippen LogP contribution in [0.15, 0.2) is 42.0 Å². The second kappa shape index (κ2) is 9.21. The van der Waals surface area contributed by atoms with Gasteiger partial charge >= 0.3 is 5.97 Å². The fraction of sp³-hybridized carbons (Fsp3) is 0.407. The van der Waals surface area contributed by atoms with Crippen LogP contribution in [0.3, 0.4) is 0 Å². The minimum Gasteiger partial charge on any atom is -0.489 e. The molecule has 5 rings (SSSR count). The van der Waals surface area contributed by atoms with Crippen molar-refractivity contribution in [2.75, 3.05) is 32.1 Å². The minimum atomic E-state index is -0.823. The molecule has 1 aromatic heterocycles. The van der Waals surface area contributed by atoms with Crippen LogP contribution in [-0.4, -0.2) is 57.9 Å². The lowest BCUT2D eigenvalue weighted by atomic mass is 9.81. The van der Waals surface area contributed by atoms with Crippen molar-refractivity contribution in [3.8, 4) is 11.5 Å². The Bertz CT molecular complexity index is 1310. The number of nitrogens with zero attached hydrogens (tertiary/aromatic N) is 3. The monoisotopic (exact) mass is 495 g/mol. The molecule has 3 aromatic rings. The molecule has 7 nitrogen and oxygen atoms in total. The van der Waals surface area contributed by atoms with Crippen molar-refractivity contribution in [3.63, 3.8) is 0 Å². The van der Waals surface area contributed by atoms with Gasteiger partial charge in [-0.3, -0.25) is 14.4 Å². The second-order valence-electron chi connectivity index (χ2n) is 9.92. The first kappa shape index (κ1) is 23.7. The molecule has 3 heterocycles. The summed E-state index contributed by atoms with van der Waals surface area (Å²) in [5.74, 6) is 0.859. The molecule has 8 heteroatoms. The van der Waals surface area contributed by atoms with Crippen molar-refractivity contribution in [3.05, 3.63) is 58.8 Å². The normalized spacial score (nSPS) is 17.0. The SMILES string of the molecule is Cc1nn(C(C)C)c2ccc(COc3ccc4c(c3)OCC(CN3CC(CCl)(C(=O)O)C3)=C4)cc12. The van der Waals surface area contributed by atoms with Crippen molar-refractivity contribution in [1.29, 1.82) is 0 Å². The third kappa shape index (κ3) is 4.50. The summed E-state index contributed by atoms with van der Waals surface area (Å²) in [4.78, 5) is 13.5. The van der Waals surface area contributed by atoms with Gasteiger partial charge in [-0.25, -0.2) is 0 Å². The van der Waals surface area contributed by atoms with Crippen LogP contribution in [0.2, 0.25) is 0 Å². The Morgan fingerprint density at radius 2 is 2.06 bits per heavy atom. The number of aliphatic carboxylic acids is 1. The van der Waals surface area contributed by atoms with Crippen LogP contribution in [0.4, 0.5) is 0 Å². The third-order valence-corrected chi connectivity index (χ3v) is 7.31. The highest BCUT2D eigenvalue weighted by Crippen LogP contribution is 2.35. The molecule has 2 aliphatic rings. The smallest absolute Gasteiger partial charge is 0.313 e. The molecule has 0 radical (unpaired) electrons. The van der Waals surface area contributed by atoms with Gasteiger partial charge in [0.1, 0.15) is 30.1 Å². The van der Waals surface area contributed by atoms with E-state index in [1.807, 2.05) is 25.1 Å². The number of ether oxygens (including phenoxy) is 2. The molecule has 184 valence electrons. The number of hydrogen-bond donors (Lipinski definition) is 1. The number of alkyl halides is 1. The zero-order chi connectivity index (χ0) is 24.7. The van der Waals surface area contributed by atoms with Crippen LogP contribution >= 0.6 is 11.6 Å². The Hall–Kier alpha value is -3.03. The van der Waals surface area contributed by atoms with E-state index in [2.05, 4.69) is 52.8 Å². The van der Waals surface area contributed by atoms with Crippen LogP contribution in [0.5, 0.6) is 11.5 Å². The summed E-state index contributed by atoms with van der Waals surface area (Å²) >= 11 is 5.89. The third-order valence-electron chi connectivity index (χ3n) is 6.80. The molecule has 0 saturated carbocycles. The van der Waals surface area contributed by atoms with Gasteiger partial charge in [-0.05, 0) is 62.2 Å². The summed E-state index contributed by atoms with van der Waals surface area (Å²) in [6.07, 6.45) is 2.12. The first-order valence-corrected chi connectivity index (χ1v) is 12.4. The Kier molecular flexibility index (Phi) is 6.23. The van der Waals surface area contributed by atoms with Crippen LogP contribution in [0.25, 0.3) is 17.0 Å². The first-order valence-electron chi connectivity index (χ1n) is 11.9. The predicted molar refractivity (Wildman–Crippen MR) is 136 cm³/mol. The largest absolute Gasteiger partial charge is 0.489 e. The number of fused-ring (bicyclic) bond motifs is 2. The summed E-state index contributed by atoms with van der Waals surface area (Å²) in [5.41, 5.74) is 4.55. The molecular weight excluding hydrogens is 466 g/mol. The van der Waals surface area contributed by atoms with Crippen LogP contribution < -0.4 is 9.47 Å². The second-order valence-corrected chi connectivity index (χ2v) is 10.2. The van der Waals surface area contributed by atoms with Crippen molar-refractivity contribution in [2.45, 2.75) is 33.4 Å². The highest BCUT2D eigenvalue weighted by atomic mass is 35.5. The molecule has 0 amide bonds. The number of likely N-dealkylation sites (tertiary alicyclic amines) is 1. The molecule has 0 atom stereocenters. The van der Waals surface area contributed by atoms with E-state index in [9.17, 15) is 9.90 Å². The Balaban J connectivity index is 1.22. The Morgan fingerprint density at radius 3 is 2.77 bits per heavy atom. The van der Waals surface area contributed by atoms with E-state index in [-0.39, 0.29) is 5.88 Å². The molecule has 0 unspecified atom stereocenters. The maximum atomic E-state index is 11.4. The van der Waals surface area contributed by atoms with E-state index >= 15 is 0 Å². The number of halogens is 1. The van der Waals surface area contributed by atoms with Crippen molar-refractivity contribution >= 4 is 34.5 Å². The summed E-state index contributed by atoms with van der Waals surface area (Å²) < 4.78 is 14.1. The van der Waals surface area contributed by atoms with Gasteiger partial charge in [-0.15, -0.1) is 11.6 Å². The number of aryl methyl sites for hydroxylation is 1. The summed E-state index contributed by atoms with van der Waals surface area (Å²) in [5, 5.41) is 15.2. The molecule has 1 saturated heterocycles. The van der Waals surface area contributed by atoms with E-state index in [1.165, 1.54) is 0 Å². The molecule has 0 bridgehead atoms. The molecule has 1 N–H and O–H groups in total. The lowest BCUT2D eigenvalue weighted by Crippen LogP contribution is -2.61. The minimum absolute atomic E-state index is 0.134. The van der Waals surface area contributed by atoms with Gasteiger partial charge in [-0.2, -0.15) is 5.10 Å². The topological polar surface area (TPSA) is 76.8 Å². The number of carboxylic acids is 1. The van der Waals surface area contributed by atoms with Crippen molar-refractivity contribution in [1.82, 2.24) is 14.7 Å². The summed E-state index contributed by atoms with van der Waals surface area (Å²) in [6.45, 7) is 8.85. The van der Waals surface area contributed by atoms with E-state index < -0.39 is 11.4 Å². The zero-order valence-corrected chi connectivity index (χ0v) is 21.0. The highest BCUT2D eigenvalue weighted by molar-refractivity contribution is 6.19. The highest BCUT2D eigenvalue weighted by Gasteiger charge is 2.48. The van der Waals surface area contributed by atoms with Gasteiger partial charge in [0.05, 0.1) is 11.2 Å². The number of benzene rings is 2. The Labute approximate surface area is 209 Å². The van der Waals surface area contributed by atoms with E-state index in [1.54, 1.807) is 0 Å². The molecule has 2 aliphatic heterocycles. The van der Waals surface area contributed by atoms with E-state index in [0.717, 1.165) is 44.8 Å². The van der Waals surface area contributed by atoms with Crippen LogP contribution in [-0.2, 0) is 11.4 Å². The van der Waals surface area contributed by atoms with Gasteiger partial charge in [0.15, 0.2) is 0 Å². The standard InChI is InChI=1S/C27H30ClN3O4/c1-17(2)31-24-7-4-19(9-23(24)18(3)29-31)12-34-22-6-5-21-8-20(13-35-25(21)10-22)11-30-15-27(14-28,16-30)26(32)33/h4-10,17H,11-16H2,1-3H3,(H,32,33). The number of aromatic nitrogens is 2. The number of hydrogen-bond acceptors (Lipinski definition) is 5. The van der Waals surface area contributed by atoms with Gasteiger partial charge in [0, 0.05) is 48.6 Å². The fourth-order valence-electron chi connectivity index (χ4n) is 4.85. The maximum Gasteiger partial charge on any atom is 0.313 e. The maximum absolute atomic E-state index is 11.4. The van der Waals surface area contributed by atoms with Crippen molar-refractivity contribution < 1.29 is 19.4 Å². The molecule has 0 aliphatic carbocycles.